The Kier molecular flexibility index (Phi) is 2.78. The zero-order valence-corrected chi connectivity index (χ0v) is 11.7. The molecular formula is C18H22O2. The maximum atomic E-state index is 11.4. The zero-order valence-electron chi connectivity index (χ0n) is 11.7. The second-order valence-electron chi connectivity index (χ2n) is 7.03. The number of benzene rings is 1. The number of aliphatic hydroxyl groups excluding tert-OH is 1. The van der Waals surface area contributed by atoms with Crippen LogP contribution in [0.3, 0.4) is 0 Å². The lowest BCUT2D eigenvalue weighted by Gasteiger charge is -2.60. The van der Waals surface area contributed by atoms with E-state index in [-0.39, 0.29) is 11.5 Å². The molecule has 2 heteroatoms. The number of hydrogen-bond donors (Lipinski definition) is 1. The predicted molar refractivity (Wildman–Crippen MR) is 77.2 cm³/mol. The third-order valence-electron chi connectivity index (χ3n) is 6.54. The predicted octanol–water partition coefficient (Wildman–Crippen LogP) is 2.94. The van der Waals surface area contributed by atoms with Crippen molar-refractivity contribution in [1.29, 1.82) is 0 Å². The molecule has 20 heavy (non-hydrogen) atoms. The first kappa shape index (κ1) is 12.6. The second-order valence-corrected chi connectivity index (χ2v) is 7.03. The van der Waals surface area contributed by atoms with Gasteiger partial charge in [-0.05, 0) is 54.9 Å². The Bertz CT molecular complexity index is 511. The standard InChI is InChI=1S/C18H22O2/c19-9-8-18(13-4-2-1-3-5-13)15-6-7-17(20)12-10-14(15)16(18)11-12/h1-5,9,12,14-17,20H,6-8,10-11H2. The molecule has 3 fully saturated rings. The molecule has 2 bridgehead atoms. The minimum absolute atomic E-state index is 0.0720. The van der Waals surface area contributed by atoms with Gasteiger partial charge in [0.2, 0.25) is 0 Å². The number of aliphatic hydroxyl groups is 1. The van der Waals surface area contributed by atoms with Crippen molar-refractivity contribution in [2.24, 2.45) is 23.7 Å². The van der Waals surface area contributed by atoms with Crippen LogP contribution in [0.1, 0.15) is 37.7 Å². The van der Waals surface area contributed by atoms with Crippen LogP contribution in [0.15, 0.2) is 30.3 Å². The molecule has 0 amide bonds. The fraction of sp³-hybridized carbons (Fsp3) is 0.611. The molecule has 0 aliphatic heterocycles. The lowest BCUT2D eigenvalue weighted by Crippen LogP contribution is -2.58. The van der Waals surface area contributed by atoms with Crippen LogP contribution in [-0.4, -0.2) is 17.5 Å². The first-order valence-corrected chi connectivity index (χ1v) is 7.94. The van der Waals surface area contributed by atoms with Crippen LogP contribution in [0.2, 0.25) is 0 Å². The van der Waals surface area contributed by atoms with E-state index < -0.39 is 0 Å². The maximum Gasteiger partial charge on any atom is 0.120 e. The van der Waals surface area contributed by atoms with Crippen molar-refractivity contribution in [3.05, 3.63) is 35.9 Å². The lowest BCUT2D eigenvalue weighted by atomic mass is 9.43. The summed E-state index contributed by atoms with van der Waals surface area (Å²) in [7, 11) is 0. The van der Waals surface area contributed by atoms with E-state index in [4.69, 9.17) is 0 Å². The molecule has 1 N–H and O–H groups in total. The van der Waals surface area contributed by atoms with Gasteiger partial charge in [0.25, 0.3) is 0 Å². The summed E-state index contributed by atoms with van der Waals surface area (Å²) in [5, 5.41) is 10.2. The largest absolute Gasteiger partial charge is 0.393 e. The van der Waals surface area contributed by atoms with Gasteiger partial charge in [-0.15, -0.1) is 0 Å². The number of fused-ring (bicyclic) bond motifs is 1. The third kappa shape index (κ3) is 1.46. The molecule has 2 nitrogen and oxygen atoms in total. The fourth-order valence-corrected chi connectivity index (χ4v) is 5.79. The zero-order chi connectivity index (χ0) is 13.7. The molecule has 3 aliphatic carbocycles. The van der Waals surface area contributed by atoms with E-state index >= 15 is 0 Å². The van der Waals surface area contributed by atoms with Gasteiger partial charge in [-0.3, -0.25) is 0 Å². The molecule has 4 rings (SSSR count). The van der Waals surface area contributed by atoms with Crippen LogP contribution < -0.4 is 0 Å². The monoisotopic (exact) mass is 270 g/mol. The molecule has 6 atom stereocenters. The molecule has 0 heterocycles. The van der Waals surface area contributed by atoms with Gasteiger partial charge < -0.3 is 9.90 Å². The number of rotatable bonds is 3. The number of carbonyl (C=O) groups excluding carboxylic acids is 1. The Hall–Kier alpha value is -1.15. The fourth-order valence-electron chi connectivity index (χ4n) is 5.79. The first-order chi connectivity index (χ1) is 9.77. The van der Waals surface area contributed by atoms with Gasteiger partial charge >= 0.3 is 0 Å². The topological polar surface area (TPSA) is 37.3 Å². The van der Waals surface area contributed by atoms with Crippen LogP contribution >= 0.6 is 0 Å². The summed E-state index contributed by atoms with van der Waals surface area (Å²) >= 11 is 0. The summed E-state index contributed by atoms with van der Waals surface area (Å²) in [4.78, 5) is 11.4. The van der Waals surface area contributed by atoms with E-state index in [2.05, 4.69) is 30.3 Å². The van der Waals surface area contributed by atoms with Crippen molar-refractivity contribution >= 4 is 6.29 Å². The summed E-state index contributed by atoms with van der Waals surface area (Å²) in [6.07, 6.45) is 5.99. The SMILES string of the molecule is O=CCC1(c2ccccc2)C2CCC(O)C3CC2C1C3. The van der Waals surface area contributed by atoms with E-state index in [1.807, 2.05) is 0 Å². The van der Waals surface area contributed by atoms with Crippen LogP contribution in [-0.2, 0) is 10.2 Å². The summed E-state index contributed by atoms with van der Waals surface area (Å²) in [5.74, 6) is 2.44. The second kappa shape index (κ2) is 4.42. The van der Waals surface area contributed by atoms with E-state index in [1.165, 1.54) is 12.0 Å². The molecule has 0 saturated heterocycles. The van der Waals surface area contributed by atoms with Crippen molar-refractivity contribution in [3.8, 4) is 0 Å². The highest BCUT2D eigenvalue weighted by atomic mass is 16.3. The van der Waals surface area contributed by atoms with Crippen molar-refractivity contribution in [1.82, 2.24) is 0 Å². The minimum atomic E-state index is -0.0995. The van der Waals surface area contributed by atoms with E-state index in [1.54, 1.807) is 0 Å². The average Bonchev–Trinajstić information content (AvgIpc) is 2.79. The van der Waals surface area contributed by atoms with Gasteiger partial charge in [0.15, 0.2) is 0 Å². The molecular weight excluding hydrogens is 248 g/mol. The lowest BCUT2D eigenvalue weighted by molar-refractivity contribution is -0.116. The summed E-state index contributed by atoms with van der Waals surface area (Å²) < 4.78 is 0. The Morgan fingerprint density at radius 2 is 1.95 bits per heavy atom. The molecule has 6 unspecified atom stereocenters. The molecule has 0 aromatic heterocycles. The molecule has 0 spiro atoms. The highest BCUT2D eigenvalue weighted by molar-refractivity contribution is 5.56. The van der Waals surface area contributed by atoms with Crippen LogP contribution in [0, 0.1) is 23.7 Å². The minimum Gasteiger partial charge on any atom is -0.393 e. The molecule has 1 aromatic rings. The van der Waals surface area contributed by atoms with Crippen molar-refractivity contribution in [2.75, 3.05) is 0 Å². The quantitative estimate of drug-likeness (QED) is 0.857. The maximum absolute atomic E-state index is 11.4. The van der Waals surface area contributed by atoms with Gasteiger partial charge in [-0.25, -0.2) is 0 Å². The van der Waals surface area contributed by atoms with Crippen LogP contribution in [0.25, 0.3) is 0 Å². The molecule has 0 radical (unpaired) electrons. The van der Waals surface area contributed by atoms with Crippen molar-refractivity contribution < 1.29 is 9.90 Å². The molecule has 3 saturated carbocycles. The highest BCUT2D eigenvalue weighted by Crippen LogP contribution is 2.69. The van der Waals surface area contributed by atoms with Gasteiger partial charge in [0.05, 0.1) is 6.10 Å². The van der Waals surface area contributed by atoms with Gasteiger partial charge in [-0.2, -0.15) is 0 Å². The van der Waals surface area contributed by atoms with Crippen molar-refractivity contribution in [2.45, 2.75) is 43.6 Å². The summed E-state index contributed by atoms with van der Waals surface area (Å²) in [6.45, 7) is 0. The highest BCUT2D eigenvalue weighted by Gasteiger charge is 2.66. The Labute approximate surface area is 120 Å². The Morgan fingerprint density at radius 1 is 1.15 bits per heavy atom. The van der Waals surface area contributed by atoms with E-state index in [0.29, 0.717) is 24.2 Å². The van der Waals surface area contributed by atoms with Gasteiger partial charge in [0.1, 0.15) is 6.29 Å². The number of aldehydes is 1. The first-order valence-electron chi connectivity index (χ1n) is 7.94. The summed E-state index contributed by atoms with van der Waals surface area (Å²) in [5.41, 5.74) is 1.43. The van der Waals surface area contributed by atoms with E-state index in [9.17, 15) is 9.90 Å². The van der Waals surface area contributed by atoms with E-state index in [0.717, 1.165) is 31.5 Å². The Balaban J connectivity index is 1.77. The molecule has 106 valence electrons. The smallest absolute Gasteiger partial charge is 0.120 e. The molecule has 1 aromatic carbocycles. The Morgan fingerprint density at radius 3 is 2.70 bits per heavy atom. The van der Waals surface area contributed by atoms with Crippen molar-refractivity contribution in [3.63, 3.8) is 0 Å². The average molecular weight is 270 g/mol. The number of hydrogen-bond acceptors (Lipinski definition) is 2. The third-order valence-corrected chi connectivity index (χ3v) is 6.54. The van der Waals surface area contributed by atoms with Gasteiger partial charge in [-0.1, -0.05) is 30.3 Å². The molecule has 3 aliphatic rings. The van der Waals surface area contributed by atoms with Gasteiger partial charge in [0, 0.05) is 11.8 Å². The number of carbonyl (C=O) groups is 1. The normalized spacial score (nSPS) is 45.5. The van der Waals surface area contributed by atoms with Crippen LogP contribution in [0.4, 0.5) is 0 Å². The summed E-state index contributed by atoms with van der Waals surface area (Å²) in [6, 6.07) is 10.7. The van der Waals surface area contributed by atoms with Crippen LogP contribution in [0.5, 0.6) is 0 Å².